The Bertz CT molecular complexity index is 901. The molecule has 24 heavy (non-hydrogen) atoms. The minimum Gasteiger partial charge on any atom is -0.378 e. The van der Waals surface area contributed by atoms with Gasteiger partial charge in [0.05, 0.1) is 24.4 Å². The first-order valence-electron chi connectivity index (χ1n) is 7.83. The number of hydrogen-bond acceptors (Lipinski definition) is 8. The van der Waals surface area contributed by atoms with Crippen LogP contribution in [-0.4, -0.2) is 46.4 Å². The second kappa shape index (κ2) is 5.72. The first kappa shape index (κ1) is 14.8. The van der Waals surface area contributed by atoms with E-state index in [0.29, 0.717) is 24.2 Å². The molecule has 1 aliphatic rings. The van der Waals surface area contributed by atoms with Crippen molar-refractivity contribution in [2.24, 2.45) is 0 Å². The zero-order valence-electron chi connectivity index (χ0n) is 13.6. The molecule has 1 fully saturated rings. The number of aromatic nitrogens is 4. The fraction of sp³-hybridized carbons (Fsp3) is 0.375. The lowest BCUT2D eigenvalue weighted by Gasteiger charge is -2.28. The highest BCUT2D eigenvalue weighted by molar-refractivity contribution is 5.88. The molecule has 2 N–H and O–H groups in total. The van der Waals surface area contributed by atoms with Gasteiger partial charge in [-0.3, -0.25) is 0 Å². The lowest BCUT2D eigenvalue weighted by Crippen LogP contribution is -2.37. The number of anilines is 2. The molecule has 0 aromatic carbocycles. The quantitative estimate of drug-likeness (QED) is 0.759. The molecule has 0 bridgehead atoms. The van der Waals surface area contributed by atoms with Crippen LogP contribution < -0.4 is 10.6 Å². The van der Waals surface area contributed by atoms with Gasteiger partial charge >= 0.3 is 0 Å². The Balaban J connectivity index is 1.88. The predicted octanol–water partition coefficient (Wildman–Crippen LogP) is 1.72. The van der Waals surface area contributed by atoms with Crippen molar-refractivity contribution in [3.8, 4) is 11.4 Å². The molecule has 8 nitrogen and oxygen atoms in total. The number of nitrogens with zero attached hydrogens (tertiary/aromatic N) is 5. The van der Waals surface area contributed by atoms with Crippen molar-refractivity contribution < 1.29 is 9.26 Å². The molecule has 8 heteroatoms. The molecule has 0 amide bonds. The second-order valence-electron chi connectivity index (χ2n) is 5.78. The molecular formula is C16H18N6O2. The summed E-state index contributed by atoms with van der Waals surface area (Å²) in [5.41, 5.74) is 9.75. The summed E-state index contributed by atoms with van der Waals surface area (Å²) in [5, 5.41) is 4.12. The van der Waals surface area contributed by atoms with Crippen LogP contribution in [0.15, 0.2) is 16.7 Å². The summed E-state index contributed by atoms with van der Waals surface area (Å²) in [4.78, 5) is 15.6. The summed E-state index contributed by atoms with van der Waals surface area (Å²) < 4.78 is 10.7. The van der Waals surface area contributed by atoms with Crippen LogP contribution in [0.2, 0.25) is 0 Å². The number of nitrogens with two attached hydrogens (primary N) is 1. The van der Waals surface area contributed by atoms with E-state index in [0.717, 1.165) is 41.6 Å². The standard InChI is InChI=1S/C16H18N6O2/c1-9-10(2)24-21-13(9)11-3-4-12-14(18-11)15(20-16(17)19-12)22-5-7-23-8-6-22/h3-4H,5-8H2,1-2H3,(H2,17,19,20). The molecule has 0 aliphatic carbocycles. The molecule has 124 valence electrons. The van der Waals surface area contributed by atoms with Crippen molar-refractivity contribution in [3.05, 3.63) is 23.5 Å². The first-order valence-corrected chi connectivity index (χ1v) is 7.83. The second-order valence-corrected chi connectivity index (χ2v) is 5.78. The molecule has 0 spiro atoms. The van der Waals surface area contributed by atoms with E-state index in [-0.39, 0.29) is 5.95 Å². The minimum atomic E-state index is 0.243. The first-order chi connectivity index (χ1) is 11.6. The molecule has 0 saturated carbocycles. The average molecular weight is 326 g/mol. The third kappa shape index (κ3) is 2.44. The summed E-state index contributed by atoms with van der Waals surface area (Å²) >= 11 is 0. The number of fused-ring (bicyclic) bond motifs is 1. The molecule has 1 saturated heterocycles. The number of ether oxygens (including phenoxy) is 1. The Hall–Kier alpha value is -2.74. The van der Waals surface area contributed by atoms with E-state index in [1.54, 1.807) is 0 Å². The molecule has 4 heterocycles. The monoisotopic (exact) mass is 326 g/mol. The molecule has 3 aromatic rings. The van der Waals surface area contributed by atoms with Crippen LogP contribution in [0.25, 0.3) is 22.4 Å². The van der Waals surface area contributed by atoms with Crippen LogP contribution in [-0.2, 0) is 4.74 Å². The van der Waals surface area contributed by atoms with Gasteiger partial charge < -0.3 is 19.9 Å². The summed E-state index contributed by atoms with van der Waals surface area (Å²) in [5.74, 6) is 1.77. The lowest BCUT2D eigenvalue weighted by molar-refractivity contribution is 0.122. The Kier molecular flexibility index (Phi) is 3.53. The largest absolute Gasteiger partial charge is 0.378 e. The lowest BCUT2D eigenvalue weighted by atomic mass is 10.1. The smallest absolute Gasteiger partial charge is 0.222 e. The van der Waals surface area contributed by atoms with Gasteiger partial charge in [-0.2, -0.15) is 4.98 Å². The summed E-state index contributed by atoms with van der Waals surface area (Å²) in [6.07, 6.45) is 0. The van der Waals surface area contributed by atoms with E-state index in [1.165, 1.54) is 0 Å². The SMILES string of the molecule is Cc1onc(-c2ccc3nc(N)nc(N4CCOCC4)c3n2)c1C. The van der Waals surface area contributed by atoms with Gasteiger partial charge in [-0.25, -0.2) is 9.97 Å². The zero-order valence-corrected chi connectivity index (χ0v) is 13.6. The van der Waals surface area contributed by atoms with Gasteiger partial charge in [0.1, 0.15) is 17.0 Å². The van der Waals surface area contributed by atoms with Crippen LogP contribution >= 0.6 is 0 Å². The van der Waals surface area contributed by atoms with Crippen LogP contribution in [0, 0.1) is 13.8 Å². The fourth-order valence-corrected chi connectivity index (χ4v) is 2.80. The number of pyridine rings is 1. The molecule has 4 rings (SSSR count). The van der Waals surface area contributed by atoms with Crippen molar-refractivity contribution in [3.63, 3.8) is 0 Å². The van der Waals surface area contributed by atoms with Crippen LogP contribution in [0.4, 0.5) is 11.8 Å². The molecule has 0 atom stereocenters. The molecule has 0 radical (unpaired) electrons. The number of morpholine rings is 1. The van der Waals surface area contributed by atoms with E-state index in [9.17, 15) is 0 Å². The minimum absolute atomic E-state index is 0.243. The normalized spacial score (nSPS) is 15.2. The Morgan fingerprint density at radius 1 is 1.08 bits per heavy atom. The van der Waals surface area contributed by atoms with Crippen molar-refractivity contribution in [1.29, 1.82) is 0 Å². The van der Waals surface area contributed by atoms with Crippen LogP contribution in [0.3, 0.4) is 0 Å². The van der Waals surface area contributed by atoms with E-state index < -0.39 is 0 Å². The van der Waals surface area contributed by atoms with Gasteiger partial charge in [0.15, 0.2) is 5.82 Å². The maximum atomic E-state index is 5.87. The third-order valence-electron chi connectivity index (χ3n) is 4.25. The summed E-state index contributed by atoms with van der Waals surface area (Å²) in [7, 11) is 0. The van der Waals surface area contributed by atoms with Crippen molar-refractivity contribution in [2.45, 2.75) is 13.8 Å². The zero-order chi connectivity index (χ0) is 16.7. The Morgan fingerprint density at radius 3 is 2.58 bits per heavy atom. The highest BCUT2D eigenvalue weighted by Gasteiger charge is 2.20. The van der Waals surface area contributed by atoms with E-state index in [1.807, 2.05) is 26.0 Å². The third-order valence-corrected chi connectivity index (χ3v) is 4.25. The maximum Gasteiger partial charge on any atom is 0.222 e. The van der Waals surface area contributed by atoms with Gasteiger partial charge in [0.25, 0.3) is 0 Å². The number of hydrogen-bond donors (Lipinski definition) is 1. The molecule has 3 aromatic heterocycles. The van der Waals surface area contributed by atoms with Gasteiger partial charge in [0, 0.05) is 18.7 Å². The summed E-state index contributed by atoms with van der Waals surface area (Å²) in [6, 6.07) is 3.77. The topological polar surface area (TPSA) is 103 Å². The van der Waals surface area contributed by atoms with Crippen molar-refractivity contribution in [2.75, 3.05) is 36.9 Å². The highest BCUT2D eigenvalue weighted by atomic mass is 16.5. The van der Waals surface area contributed by atoms with Crippen LogP contribution in [0.5, 0.6) is 0 Å². The highest BCUT2D eigenvalue weighted by Crippen LogP contribution is 2.28. The van der Waals surface area contributed by atoms with Gasteiger partial charge in [-0.1, -0.05) is 5.16 Å². The molecule has 0 unspecified atom stereocenters. The number of rotatable bonds is 2. The number of nitrogen functional groups attached to an aromatic ring is 1. The van der Waals surface area contributed by atoms with E-state index in [4.69, 9.17) is 20.0 Å². The van der Waals surface area contributed by atoms with E-state index >= 15 is 0 Å². The predicted molar refractivity (Wildman–Crippen MR) is 89.7 cm³/mol. The molecular weight excluding hydrogens is 308 g/mol. The maximum absolute atomic E-state index is 5.87. The Morgan fingerprint density at radius 2 is 1.88 bits per heavy atom. The van der Waals surface area contributed by atoms with Crippen molar-refractivity contribution in [1.82, 2.24) is 20.1 Å². The van der Waals surface area contributed by atoms with Crippen molar-refractivity contribution >= 4 is 22.8 Å². The van der Waals surface area contributed by atoms with Gasteiger partial charge in [0.2, 0.25) is 5.95 Å². The fourth-order valence-electron chi connectivity index (χ4n) is 2.80. The van der Waals surface area contributed by atoms with Gasteiger partial charge in [-0.15, -0.1) is 0 Å². The number of aryl methyl sites for hydroxylation is 1. The van der Waals surface area contributed by atoms with Crippen LogP contribution in [0.1, 0.15) is 11.3 Å². The van der Waals surface area contributed by atoms with Gasteiger partial charge in [-0.05, 0) is 26.0 Å². The van der Waals surface area contributed by atoms with E-state index in [2.05, 4.69) is 20.0 Å². The Labute approximate surface area is 138 Å². The average Bonchev–Trinajstić information content (AvgIpc) is 2.94. The summed E-state index contributed by atoms with van der Waals surface area (Å²) in [6.45, 7) is 6.67. The molecule has 1 aliphatic heterocycles.